The van der Waals surface area contributed by atoms with Crippen LogP contribution in [0.5, 0.6) is 0 Å². The highest BCUT2D eigenvalue weighted by molar-refractivity contribution is 6.12. The van der Waals surface area contributed by atoms with Crippen LogP contribution in [0.3, 0.4) is 0 Å². The van der Waals surface area contributed by atoms with Crippen molar-refractivity contribution in [3.63, 3.8) is 0 Å². The van der Waals surface area contributed by atoms with Gasteiger partial charge >= 0.3 is 0 Å². The van der Waals surface area contributed by atoms with Crippen molar-refractivity contribution in [1.29, 1.82) is 0 Å². The Morgan fingerprint density at radius 3 is 1.39 bits per heavy atom. The molecule has 0 radical (unpaired) electrons. The first-order valence-corrected chi connectivity index (χ1v) is 19.0. The van der Waals surface area contributed by atoms with Gasteiger partial charge in [0.1, 0.15) is 5.82 Å². The Balaban J connectivity index is 1.20. The normalized spacial score (nSPS) is 11.6. The van der Waals surface area contributed by atoms with Gasteiger partial charge in [0, 0.05) is 55.0 Å². The minimum absolute atomic E-state index is 0.295. The van der Waals surface area contributed by atoms with Crippen LogP contribution in [-0.4, -0.2) is 24.1 Å². The lowest BCUT2D eigenvalue weighted by molar-refractivity contribution is 0.631. The minimum atomic E-state index is -0.295. The van der Waals surface area contributed by atoms with Crippen LogP contribution in [-0.2, 0) is 0 Å². The van der Waals surface area contributed by atoms with E-state index in [0.29, 0.717) is 23.0 Å². The van der Waals surface area contributed by atoms with Crippen LogP contribution in [0.4, 0.5) is 4.39 Å². The van der Waals surface area contributed by atoms with Gasteiger partial charge in [-0.25, -0.2) is 19.3 Å². The van der Waals surface area contributed by atoms with Crippen molar-refractivity contribution in [2.75, 3.05) is 0 Å². The van der Waals surface area contributed by atoms with Gasteiger partial charge in [-0.3, -0.25) is 0 Å². The summed E-state index contributed by atoms with van der Waals surface area (Å²) >= 11 is 0. The molecule has 0 saturated carbocycles. The maximum Gasteiger partial charge on any atom is 0.164 e. The largest absolute Gasteiger partial charge is 0.309 e. The highest BCUT2D eigenvalue weighted by Crippen LogP contribution is 2.41. The van der Waals surface area contributed by atoms with Crippen LogP contribution < -0.4 is 0 Å². The molecule has 0 unspecified atom stereocenters. The predicted molar refractivity (Wildman–Crippen MR) is 230 cm³/mol. The lowest BCUT2D eigenvalue weighted by Crippen LogP contribution is -2.03. The molecule has 3 aromatic heterocycles. The Morgan fingerprint density at radius 2 is 0.807 bits per heavy atom. The van der Waals surface area contributed by atoms with E-state index in [1.54, 1.807) is 6.07 Å². The summed E-state index contributed by atoms with van der Waals surface area (Å²) in [6, 6.07) is 65.2. The van der Waals surface area contributed by atoms with Crippen molar-refractivity contribution >= 4 is 43.6 Å². The van der Waals surface area contributed by atoms with Gasteiger partial charge in [-0.1, -0.05) is 152 Å². The third kappa shape index (κ3) is 5.41. The summed E-state index contributed by atoms with van der Waals surface area (Å²) in [5.41, 5.74) is 9.94. The second kappa shape index (κ2) is 13.3. The first-order valence-electron chi connectivity index (χ1n) is 19.0. The van der Waals surface area contributed by atoms with Crippen LogP contribution in [0.25, 0.3) is 100 Å². The summed E-state index contributed by atoms with van der Waals surface area (Å²) in [6.45, 7) is 0. The summed E-state index contributed by atoms with van der Waals surface area (Å²) < 4.78 is 20.5. The van der Waals surface area contributed by atoms with E-state index in [2.05, 4.69) is 106 Å². The van der Waals surface area contributed by atoms with Crippen LogP contribution in [0, 0.1) is 5.82 Å². The Hall–Kier alpha value is -7.70. The molecule has 6 heteroatoms. The van der Waals surface area contributed by atoms with Crippen LogP contribution in [0.15, 0.2) is 194 Å². The van der Waals surface area contributed by atoms with Crippen molar-refractivity contribution in [2.45, 2.75) is 0 Å². The van der Waals surface area contributed by atoms with E-state index in [0.717, 1.165) is 66.5 Å². The SMILES string of the molecule is Fc1ccccc1-c1ccc(-c2nc(-c3ccccc3)nc(-c3ccccc3)n2)cc1-n1c2ccccc2c2ccc(-n3c4ccccc4c4ccccc43)cc21. The molecule has 8 aromatic carbocycles. The second-order valence-electron chi connectivity index (χ2n) is 14.2. The Morgan fingerprint density at radius 1 is 0.333 bits per heavy atom. The molecule has 0 spiro atoms. The Bertz CT molecular complexity index is 3200. The smallest absolute Gasteiger partial charge is 0.164 e. The van der Waals surface area contributed by atoms with Crippen molar-refractivity contribution in [3.8, 4) is 56.7 Å². The number of fused-ring (bicyclic) bond motifs is 6. The average Bonchev–Trinajstić information content (AvgIpc) is 3.79. The molecule has 0 amide bonds. The van der Waals surface area contributed by atoms with E-state index in [9.17, 15) is 0 Å². The van der Waals surface area contributed by atoms with E-state index in [1.807, 2.05) is 84.9 Å². The fraction of sp³-hybridized carbons (Fsp3) is 0. The molecule has 11 aromatic rings. The van der Waals surface area contributed by atoms with E-state index >= 15 is 4.39 Å². The third-order valence-electron chi connectivity index (χ3n) is 10.9. The van der Waals surface area contributed by atoms with Crippen LogP contribution in [0.2, 0.25) is 0 Å². The number of hydrogen-bond acceptors (Lipinski definition) is 3. The van der Waals surface area contributed by atoms with Gasteiger partial charge in [0.05, 0.1) is 27.8 Å². The number of rotatable bonds is 6. The van der Waals surface area contributed by atoms with Crippen LogP contribution in [0.1, 0.15) is 0 Å². The zero-order valence-electron chi connectivity index (χ0n) is 30.6. The predicted octanol–water partition coefficient (Wildman–Crippen LogP) is 12.9. The maximum absolute atomic E-state index is 15.9. The molecule has 11 rings (SSSR count). The fourth-order valence-corrected chi connectivity index (χ4v) is 8.26. The van der Waals surface area contributed by atoms with E-state index < -0.39 is 0 Å². The van der Waals surface area contributed by atoms with Crippen LogP contribution >= 0.6 is 0 Å². The summed E-state index contributed by atoms with van der Waals surface area (Å²) in [5, 5.41) is 4.60. The minimum Gasteiger partial charge on any atom is -0.309 e. The monoisotopic (exact) mass is 733 g/mol. The Labute approximate surface area is 327 Å². The zero-order valence-corrected chi connectivity index (χ0v) is 30.6. The molecule has 57 heavy (non-hydrogen) atoms. The molecule has 0 atom stereocenters. The van der Waals surface area contributed by atoms with Gasteiger partial charge in [0.15, 0.2) is 17.5 Å². The van der Waals surface area contributed by atoms with Gasteiger partial charge in [0.2, 0.25) is 0 Å². The zero-order chi connectivity index (χ0) is 37.9. The molecule has 3 heterocycles. The van der Waals surface area contributed by atoms with Gasteiger partial charge < -0.3 is 9.13 Å². The quantitative estimate of drug-likeness (QED) is 0.171. The maximum atomic E-state index is 15.9. The highest BCUT2D eigenvalue weighted by Gasteiger charge is 2.21. The third-order valence-corrected chi connectivity index (χ3v) is 10.9. The number of halogens is 1. The Kier molecular flexibility index (Phi) is 7.60. The molecule has 0 aliphatic rings. The van der Waals surface area contributed by atoms with Crippen molar-refractivity contribution in [2.24, 2.45) is 0 Å². The summed E-state index contributed by atoms with van der Waals surface area (Å²) in [5.74, 6) is 1.38. The van der Waals surface area contributed by atoms with Gasteiger partial charge in [0.25, 0.3) is 0 Å². The molecule has 0 aliphatic heterocycles. The van der Waals surface area contributed by atoms with Gasteiger partial charge in [-0.15, -0.1) is 0 Å². The molecule has 0 saturated heterocycles. The summed E-state index contributed by atoms with van der Waals surface area (Å²) in [6.07, 6.45) is 0. The van der Waals surface area contributed by atoms with Gasteiger partial charge in [-0.2, -0.15) is 0 Å². The molecule has 268 valence electrons. The summed E-state index contributed by atoms with van der Waals surface area (Å²) in [7, 11) is 0. The molecule has 0 fully saturated rings. The molecule has 0 N–H and O–H groups in total. The second-order valence-corrected chi connectivity index (χ2v) is 14.2. The lowest BCUT2D eigenvalue weighted by atomic mass is 10.00. The van der Waals surface area contributed by atoms with Gasteiger partial charge in [-0.05, 0) is 42.5 Å². The summed E-state index contributed by atoms with van der Waals surface area (Å²) in [4.78, 5) is 15.1. The van der Waals surface area contributed by atoms with E-state index in [-0.39, 0.29) is 5.82 Å². The van der Waals surface area contributed by atoms with E-state index in [4.69, 9.17) is 15.0 Å². The number of hydrogen-bond donors (Lipinski definition) is 0. The van der Waals surface area contributed by atoms with E-state index in [1.165, 1.54) is 16.8 Å². The number of aromatic nitrogens is 5. The molecule has 0 bridgehead atoms. The molecule has 0 aliphatic carbocycles. The standard InChI is InChI=1S/C51H32FN5/c52-43-23-11-7-19-37(43)41-29-27-35(51-54-49(33-15-3-1-4-16-33)53-50(55-51)34-17-5-2-6-18-34)31-47(41)57-46-26-14-10-22-40(46)42-30-28-36(32-48(42)57)56-44-24-12-8-20-38(44)39-21-9-13-25-45(39)56/h1-32H. The number of benzene rings is 8. The average molecular weight is 734 g/mol. The van der Waals surface area contributed by atoms with Crippen molar-refractivity contribution < 1.29 is 4.39 Å². The van der Waals surface area contributed by atoms with Crippen molar-refractivity contribution in [3.05, 3.63) is 200 Å². The molecular weight excluding hydrogens is 702 g/mol. The number of nitrogens with zero attached hydrogens (tertiary/aromatic N) is 5. The topological polar surface area (TPSA) is 48.5 Å². The molecule has 5 nitrogen and oxygen atoms in total. The molecular formula is C51H32FN5. The first-order chi connectivity index (χ1) is 28.2. The fourth-order valence-electron chi connectivity index (χ4n) is 8.26. The number of para-hydroxylation sites is 3. The first kappa shape index (κ1) is 32.7. The van der Waals surface area contributed by atoms with Crippen molar-refractivity contribution in [1.82, 2.24) is 24.1 Å². The lowest BCUT2D eigenvalue weighted by Gasteiger charge is -2.17. The highest BCUT2D eigenvalue weighted by atomic mass is 19.1.